The lowest BCUT2D eigenvalue weighted by molar-refractivity contribution is 0.203. The van der Waals surface area contributed by atoms with Gasteiger partial charge in [0.2, 0.25) is 5.95 Å². The van der Waals surface area contributed by atoms with Gasteiger partial charge in [0.1, 0.15) is 12.3 Å². The quantitative estimate of drug-likeness (QED) is 0.519. The zero-order valence-corrected chi connectivity index (χ0v) is 20.6. The van der Waals surface area contributed by atoms with Gasteiger partial charge in [-0.05, 0) is 63.4 Å². The summed E-state index contributed by atoms with van der Waals surface area (Å²) < 4.78 is 35.4. The van der Waals surface area contributed by atoms with E-state index in [2.05, 4.69) is 45.0 Å². The van der Waals surface area contributed by atoms with Crippen molar-refractivity contribution >= 4 is 17.3 Å². The molecule has 3 heterocycles. The maximum absolute atomic E-state index is 15.0. The fourth-order valence-corrected chi connectivity index (χ4v) is 4.91. The van der Waals surface area contributed by atoms with Crippen molar-refractivity contribution in [3.8, 4) is 17.0 Å². The molecule has 3 aromatic rings. The van der Waals surface area contributed by atoms with E-state index >= 15 is 0 Å². The molecule has 1 N–H and O–H groups in total. The van der Waals surface area contributed by atoms with Gasteiger partial charge in [-0.1, -0.05) is 12.1 Å². The van der Waals surface area contributed by atoms with Gasteiger partial charge in [0.05, 0.1) is 18.4 Å². The third-order valence-corrected chi connectivity index (χ3v) is 6.83. The standard InChI is InChI=1S/C27H31F2N5O/c1-16(2)33-9-8-20-18(15-33)6-5-7-23(20)31-27-30-14-22(29)25(32-27)19-12-21(28)26-24(13-19)34(17(3)4)10-11-35-26/h5-7,12-14,16-17H,8-11,15H2,1-4H3,(H,30,31,32). The van der Waals surface area contributed by atoms with Gasteiger partial charge < -0.3 is 15.0 Å². The molecule has 0 saturated carbocycles. The van der Waals surface area contributed by atoms with Crippen LogP contribution in [-0.4, -0.2) is 46.6 Å². The minimum absolute atomic E-state index is 0.0502. The van der Waals surface area contributed by atoms with Gasteiger partial charge in [-0.15, -0.1) is 0 Å². The van der Waals surface area contributed by atoms with Gasteiger partial charge in [-0.25, -0.2) is 18.7 Å². The van der Waals surface area contributed by atoms with Crippen LogP contribution in [-0.2, 0) is 13.0 Å². The minimum atomic E-state index is -0.606. The molecular formula is C27H31F2N5O. The van der Waals surface area contributed by atoms with E-state index in [-0.39, 0.29) is 23.4 Å². The lowest BCUT2D eigenvalue weighted by atomic mass is 9.97. The summed E-state index contributed by atoms with van der Waals surface area (Å²) in [5.41, 5.74) is 4.42. The van der Waals surface area contributed by atoms with Crippen LogP contribution in [0, 0.1) is 11.6 Å². The molecule has 0 unspecified atom stereocenters. The molecule has 2 aliphatic rings. The summed E-state index contributed by atoms with van der Waals surface area (Å²) >= 11 is 0. The van der Waals surface area contributed by atoms with Crippen LogP contribution in [0.1, 0.15) is 38.8 Å². The maximum atomic E-state index is 15.0. The molecule has 2 aliphatic heterocycles. The summed E-state index contributed by atoms with van der Waals surface area (Å²) in [5, 5.41) is 3.28. The topological polar surface area (TPSA) is 53.5 Å². The summed E-state index contributed by atoms with van der Waals surface area (Å²) in [6, 6.07) is 9.80. The van der Waals surface area contributed by atoms with Crippen molar-refractivity contribution in [2.24, 2.45) is 0 Å². The molecule has 0 radical (unpaired) electrons. The van der Waals surface area contributed by atoms with Crippen molar-refractivity contribution in [3.05, 3.63) is 59.3 Å². The Labute approximate surface area is 205 Å². The lowest BCUT2D eigenvalue weighted by Crippen LogP contribution is -2.38. The molecule has 0 fully saturated rings. The highest BCUT2D eigenvalue weighted by Crippen LogP contribution is 2.39. The minimum Gasteiger partial charge on any atom is -0.486 e. The Bertz CT molecular complexity index is 1250. The van der Waals surface area contributed by atoms with Crippen LogP contribution in [0.2, 0.25) is 0 Å². The Morgan fingerprint density at radius 3 is 2.63 bits per heavy atom. The van der Waals surface area contributed by atoms with E-state index in [1.54, 1.807) is 6.07 Å². The van der Waals surface area contributed by atoms with E-state index < -0.39 is 11.6 Å². The molecule has 0 amide bonds. The number of halogens is 2. The Morgan fingerprint density at radius 2 is 1.86 bits per heavy atom. The van der Waals surface area contributed by atoms with Crippen molar-refractivity contribution in [2.75, 3.05) is 29.9 Å². The summed E-state index contributed by atoms with van der Waals surface area (Å²) in [7, 11) is 0. The molecule has 0 bridgehead atoms. The first-order chi connectivity index (χ1) is 16.8. The van der Waals surface area contributed by atoms with E-state index in [1.165, 1.54) is 17.2 Å². The Balaban J connectivity index is 1.48. The monoisotopic (exact) mass is 479 g/mol. The number of hydrogen-bond donors (Lipinski definition) is 1. The highest BCUT2D eigenvalue weighted by molar-refractivity contribution is 5.73. The van der Waals surface area contributed by atoms with Gasteiger partial charge in [0.25, 0.3) is 0 Å². The molecule has 5 rings (SSSR count). The Morgan fingerprint density at radius 1 is 1.03 bits per heavy atom. The first-order valence-corrected chi connectivity index (χ1v) is 12.2. The van der Waals surface area contributed by atoms with Crippen LogP contribution in [0.4, 0.5) is 26.1 Å². The zero-order valence-electron chi connectivity index (χ0n) is 20.6. The number of aromatic nitrogens is 2. The normalized spacial score (nSPS) is 15.7. The summed E-state index contributed by atoms with van der Waals surface area (Å²) in [6.07, 6.45) is 2.04. The van der Waals surface area contributed by atoms with Gasteiger partial charge in [0.15, 0.2) is 17.4 Å². The molecule has 0 spiro atoms. The predicted octanol–water partition coefficient (Wildman–Crippen LogP) is 5.54. The zero-order chi connectivity index (χ0) is 24.7. The molecule has 0 aliphatic carbocycles. The Kier molecular flexibility index (Phi) is 6.32. The van der Waals surface area contributed by atoms with Crippen LogP contribution in [0.5, 0.6) is 5.75 Å². The van der Waals surface area contributed by atoms with Crippen molar-refractivity contribution in [1.29, 1.82) is 0 Å². The van der Waals surface area contributed by atoms with Crippen molar-refractivity contribution in [1.82, 2.24) is 14.9 Å². The molecule has 0 atom stereocenters. The van der Waals surface area contributed by atoms with Gasteiger partial charge in [0, 0.05) is 36.4 Å². The summed E-state index contributed by atoms with van der Waals surface area (Å²) in [4.78, 5) is 13.1. The van der Waals surface area contributed by atoms with Crippen LogP contribution in [0.3, 0.4) is 0 Å². The number of nitrogens with one attached hydrogen (secondary N) is 1. The van der Waals surface area contributed by atoms with Crippen molar-refractivity contribution in [3.63, 3.8) is 0 Å². The van der Waals surface area contributed by atoms with Gasteiger partial charge in [-0.2, -0.15) is 0 Å². The third-order valence-electron chi connectivity index (χ3n) is 6.83. The first-order valence-electron chi connectivity index (χ1n) is 12.2. The second kappa shape index (κ2) is 9.41. The van der Waals surface area contributed by atoms with Crippen LogP contribution >= 0.6 is 0 Å². The van der Waals surface area contributed by atoms with Crippen LogP contribution < -0.4 is 15.0 Å². The number of benzene rings is 2. The van der Waals surface area contributed by atoms with E-state index in [9.17, 15) is 8.78 Å². The average molecular weight is 480 g/mol. The molecule has 8 heteroatoms. The molecule has 2 aromatic carbocycles. The van der Waals surface area contributed by atoms with Crippen molar-refractivity contribution < 1.29 is 13.5 Å². The van der Waals surface area contributed by atoms with Gasteiger partial charge >= 0.3 is 0 Å². The number of rotatable bonds is 5. The fourth-order valence-electron chi connectivity index (χ4n) is 4.91. The second-order valence-electron chi connectivity index (χ2n) is 9.71. The summed E-state index contributed by atoms with van der Waals surface area (Å²) in [6.45, 7) is 11.4. The number of anilines is 3. The molecular weight excluding hydrogens is 448 g/mol. The first kappa shape index (κ1) is 23.5. The average Bonchev–Trinajstić information content (AvgIpc) is 2.84. The predicted molar refractivity (Wildman–Crippen MR) is 134 cm³/mol. The maximum Gasteiger partial charge on any atom is 0.227 e. The summed E-state index contributed by atoms with van der Waals surface area (Å²) in [5.74, 6) is -0.656. The van der Waals surface area contributed by atoms with E-state index in [0.717, 1.165) is 31.4 Å². The van der Waals surface area contributed by atoms with Gasteiger partial charge in [-0.3, -0.25) is 4.90 Å². The smallest absolute Gasteiger partial charge is 0.227 e. The number of nitrogens with zero attached hydrogens (tertiary/aromatic N) is 4. The number of fused-ring (bicyclic) bond motifs is 2. The molecule has 184 valence electrons. The molecule has 1 aromatic heterocycles. The van der Waals surface area contributed by atoms with E-state index in [1.807, 2.05) is 26.0 Å². The second-order valence-corrected chi connectivity index (χ2v) is 9.71. The lowest BCUT2D eigenvalue weighted by Gasteiger charge is -2.34. The van der Waals surface area contributed by atoms with E-state index in [4.69, 9.17) is 4.74 Å². The number of ether oxygens (including phenoxy) is 1. The van der Waals surface area contributed by atoms with E-state index in [0.29, 0.717) is 30.4 Å². The number of hydrogen-bond acceptors (Lipinski definition) is 6. The Hall–Kier alpha value is -3.26. The SMILES string of the molecule is CC(C)N1CCc2c(cccc2Nc2ncc(F)c(-c3cc(F)c4c(c3)N(C(C)C)CCO4)n2)C1. The largest absolute Gasteiger partial charge is 0.486 e. The fraction of sp³-hybridized carbons (Fsp3) is 0.407. The van der Waals surface area contributed by atoms with Crippen molar-refractivity contribution in [2.45, 2.75) is 52.7 Å². The molecule has 0 saturated heterocycles. The highest BCUT2D eigenvalue weighted by atomic mass is 19.1. The molecule has 35 heavy (non-hydrogen) atoms. The molecule has 6 nitrogen and oxygen atoms in total. The van der Waals surface area contributed by atoms with Crippen LogP contribution in [0.25, 0.3) is 11.3 Å². The highest BCUT2D eigenvalue weighted by Gasteiger charge is 2.26. The third kappa shape index (κ3) is 4.55. The van der Waals surface area contributed by atoms with Crippen LogP contribution in [0.15, 0.2) is 36.5 Å².